The van der Waals surface area contributed by atoms with Crippen LogP contribution in [0.15, 0.2) is 48.7 Å². The Morgan fingerprint density at radius 1 is 1.00 bits per heavy atom. The molecule has 27 heavy (non-hydrogen) atoms. The minimum Gasteiger partial charge on any atom is -0.378 e. The number of benzene rings is 1. The van der Waals surface area contributed by atoms with Crippen LogP contribution >= 0.6 is 12.2 Å². The molecule has 0 bridgehead atoms. The summed E-state index contributed by atoms with van der Waals surface area (Å²) in [7, 11) is 8.27. The van der Waals surface area contributed by atoms with Gasteiger partial charge in [-0.05, 0) is 69.1 Å². The van der Waals surface area contributed by atoms with Crippen LogP contribution in [0.4, 0.5) is 5.69 Å². The van der Waals surface area contributed by atoms with Crippen LogP contribution in [0.2, 0.25) is 0 Å². The summed E-state index contributed by atoms with van der Waals surface area (Å²) in [6.45, 7) is 3.36. The summed E-state index contributed by atoms with van der Waals surface area (Å²) in [4.78, 5) is 10.9. The fourth-order valence-corrected chi connectivity index (χ4v) is 2.94. The predicted molar refractivity (Wildman–Crippen MR) is 118 cm³/mol. The quantitative estimate of drug-likeness (QED) is 0.528. The van der Waals surface area contributed by atoms with Crippen molar-refractivity contribution in [2.24, 2.45) is 0 Å². The smallest absolute Gasteiger partial charge is 0.169 e. The highest BCUT2D eigenvalue weighted by molar-refractivity contribution is 7.80. The van der Waals surface area contributed by atoms with Gasteiger partial charge in [-0.15, -0.1) is 0 Å². The van der Waals surface area contributed by atoms with Crippen LogP contribution in [-0.2, 0) is 13.1 Å². The maximum Gasteiger partial charge on any atom is 0.169 e. The maximum absolute atomic E-state index is 5.69. The number of hydrogen-bond donors (Lipinski definition) is 1. The Morgan fingerprint density at radius 3 is 2.33 bits per heavy atom. The van der Waals surface area contributed by atoms with Crippen molar-refractivity contribution in [2.45, 2.75) is 19.5 Å². The van der Waals surface area contributed by atoms with Gasteiger partial charge < -0.3 is 20.0 Å². The third kappa shape index (κ3) is 7.53. The van der Waals surface area contributed by atoms with E-state index in [-0.39, 0.29) is 0 Å². The number of thiocarbonyl (C=S) groups is 1. The molecule has 0 radical (unpaired) electrons. The molecule has 0 saturated carbocycles. The van der Waals surface area contributed by atoms with Crippen LogP contribution in [0.25, 0.3) is 0 Å². The summed E-state index contributed by atoms with van der Waals surface area (Å²) in [5.41, 5.74) is 3.44. The highest BCUT2D eigenvalue weighted by Crippen LogP contribution is 2.15. The Hall–Kier alpha value is -2.18. The Labute approximate surface area is 169 Å². The van der Waals surface area contributed by atoms with Crippen LogP contribution in [0.1, 0.15) is 17.7 Å². The molecule has 1 aromatic carbocycles. The van der Waals surface area contributed by atoms with Crippen LogP contribution in [0.5, 0.6) is 0 Å². The molecular weight excluding hydrogens is 354 g/mol. The molecule has 0 aliphatic rings. The molecule has 1 aromatic heterocycles. The Bertz CT molecular complexity index is 685. The van der Waals surface area contributed by atoms with Gasteiger partial charge in [0.1, 0.15) is 0 Å². The van der Waals surface area contributed by atoms with Gasteiger partial charge in [-0.1, -0.05) is 18.2 Å². The first kappa shape index (κ1) is 21.1. The number of rotatable bonds is 9. The summed E-state index contributed by atoms with van der Waals surface area (Å²) in [5.74, 6) is 0. The van der Waals surface area contributed by atoms with Crippen molar-refractivity contribution in [3.63, 3.8) is 0 Å². The molecule has 0 amide bonds. The lowest BCUT2D eigenvalue weighted by Crippen LogP contribution is -2.40. The molecule has 1 N–H and O–H groups in total. The van der Waals surface area contributed by atoms with E-state index in [1.54, 1.807) is 0 Å². The summed E-state index contributed by atoms with van der Waals surface area (Å²) in [6.07, 6.45) is 2.88. The normalized spacial score (nSPS) is 10.7. The lowest BCUT2D eigenvalue weighted by Gasteiger charge is -2.26. The van der Waals surface area contributed by atoms with Crippen LogP contribution in [0, 0.1) is 0 Å². The molecular formula is C21H31N5S. The average Bonchev–Trinajstić information content (AvgIpc) is 2.65. The van der Waals surface area contributed by atoms with Crippen molar-refractivity contribution in [2.75, 3.05) is 46.2 Å². The Balaban J connectivity index is 2.03. The molecule has 5 nitrogen and oxygen atoms in total. The van der Waals surface area contributed by atoms with Crippen LogP contribution < -0.4 is 10.2 Å². The Kier molecular flexibility index (Phi) is 8.48. The highest BCUT2D eigenvalue weighted by Gasteiger charge is 2.12. The molecule has 2 rings (SSSR count). The fourth-order valence-electron chi connectivity index (χ4n) is 2.71. The largest absolute Gasteiger partial charge is 0.378 e. The molecule has 1 heterocycles. The predicted octanol–water partition coefficient (Wildman–Crippen LogP) is 2.98. The molecule has 0 aliphatic carbocycles. The van der Waals surface area contributed by atoms with Crippen molar-refractivity contribution in [3.8, 4) is 0 Å². The van der Waals surface area contributed by atoms with Crippen molar-refractivity contribution < 1.29 is 0 Å². The molecule has 0 saturated heterocycles. The van der Waals surface area contributed by atoms with Crippen molar-refractivity contribution in [1.82, 2.24) is 20.1 Å². The second-order valence-corrected chi connectivity index (χ2v) is 7.51. The van der Waals surface area contributed by atoms with Gasteiger partial charge in [0.2, 0.25) is 0 Å². The number of nitrogens with zero attached hydrogens (tertiary/aromatic N) is 4. The van der Waals surface area contributed by atoms with E-state index in [1.807, 2.05) is 24.4 Å². The zero-order valence-corrected chi connectivity index (χ0v) is 17.7. The van der Waals surface area contributed by atoms with E-state index >= 15 is 0 Å². The topological polar surface area (TPSA) is 34.6 Å². The fraction of sp³-hybridized carbons (Fsp3) is 0.429. The minimum absolute atomic E-state index is 0.690. The van der Waals surface area contributed by atoms with Gasteiger partial charge in [0.15, 0.2) is 5.11 Å². The van der Waals surface area contributed by atoms with Crippen LogP contribution in [-0.4, -0.2) is 61.2 Å². The second kappa shape index (κ2) is 10.8. The average molecular weight is 386 g/mol. The first-order valence-electron chi connectivity index (χ1n) is 9.29. The Morgan fingerprint density at radius 2 is 1.74 bits per heavy atom. The van der Waals surface area contributed by atoms with Crippen molar-refractivity contribution >= 4 is 23.0 Å². The third-order valence-corrected chi connectivity index (χ3v) is 4.65. The third-order valence-electron chi connectivity index (χ3n) is 4.25. The van der Waals surface area contributed by atoms with Crippen LogP contribution in [0.3, 0.4) is 0 Å². The maximum atomic E-state index is 5.69. The first-order chi connectivity index (χ1) is 13.0. The van der Waals surface area contributed by atoms with E-state index in [4.69, 9.17) is 12.2 Å². The SMILES string of the molecule is CN(C)CCCNC(=S)N(Cc1ccc(N(C)C)cc1)Cc1ccccn1. The molecule has 0 fully saturated rings. The van der Waals surface area contributed by atoms with E-state index in [1.165, 1.54) is 11.3 Å². The van der Waals surface area contributed by atoms with Gasteiger partial charge >= 0.3 is 0 Å². The zero-order valence-electron chi connectivity index (χ0n) is 16.9. The highest BCUT2D eigenvalue weighted by atomic mass is 32.1. The molecule has 0 unspecified atom stereocenters. The summed E-state index contributed by atoms with van der Waals surface area (Å²) < 4.78 is 0. The molecule has 0 aliphatic heterocycles. The van der Waals surface area contributed by atoms with E-state index in [9.17, 15) is 0 Å². The van der Waals surface area contributed by atoms with E-state index in [2.05, 4.69) is 77.5 Å². The number of pyridine rings is 1. The van der Waals surface area contributed by atoms with Gasteiger partial charge in [0, 0.05) is 39.1 Å². The van der Waals surface area contributed by atoms with E-state index in [0.717, 1.165) is 36.9 Å². The minimum atomic E-state index is 0.690. The summed E-state index contributed by atoms with van der Waals surface area (Å²) in [6, 6.07) is 14.6. The number of hydrogen-bond acceptors (Lipinski definition) is 4. The van der Waals surface area contributed by atoms with Gasteiger partial charge in [-0.2, -0.15) is 0 Å². The van der Waals surface area contributed by atoms with Gasteiger partial charge in [-0.25, -0.2) is 0 Å². The van der Waals surface area contributed by atoms with Gasteiger partial charge in [0.05, 0.1) is 12.2 Å². The monoisotopic (exact) mass is 385 g/mol. The molecule has 6 heteroatoms. The lowest BCUT2D eigenvalue weighted by molar-refractivity contribution is 0.381. The molecule has 0 spiro atoms. The molecule has 2 aromatic rings. The van der Waals surface area contributed by atoms with E-state index in [0.29, 0.717) is 6.54 Å². The standard InChI is InChI=1S/C21H31N5S/c1-24(2)15-7-14-23-21(27)26(17-19-8-5-6-13-22-19)16-18-9-11-20(12-10-18)25(3)4/h5-6,8-13H,7,14-17H2,1-4H3,(H,23,27). The summed E-state index contributed by atoms with van der Waals surface area (Å²) >= 11 is 5.69. The van der Waals surface area contributed by atoms with Crippen molar-refractivity contribution in [3.05, 3.63) is 59.9 Å². The van der Waals surface area contributed by atoms with Gasteiger partial charge in [-0.3, -0.25) is 4.98 Å². The number of nitrogens with one attached hydrogen (secondary N) is 1. The number of anilines is 1. The van der Waals surface area contributed by atoms with E-state index < -0.39 is 0 Å². The summed E-state index contributed by atoms with van der Waals surface area (Å²) in [5, 5.41) is 4.18. The number of aromatic nitrogens is 1. The molecule has 0 atom stereocenters. The van der Waals surface area contributed by atoms with Gasteiger partial charge in [0.25, 0.3) is 0 Å². The second-order valence-electron chi connectivity index (χ2n) is 7.13. The first-order valence-corrected chi connectivity index (χ1v) is 9.70. The lowest BCUT2D eigenvalue weighted by atomic mass is 10.2. The zero-order chi connectivity index (χ0) is 19.6. The van der Waals surface area contributed by atoms with Crippen molar-refractivity contribution in [1.29, 1.82) is 0 Å². The molecule has 146 valence electrons.